The van der Waals surface area contributed by atoms with Crippen LogP contribution in [-0.2, 0) is 24.2 Å². The molecule has 3 rings (SSSR count). The van der Waals surface area contributed by atoms with Gasteiger partial charge in [-0.05, 0) is 18.1 Å². The third kappa shape index (κ3) is 4.76. The van der Waals surface area contributed by atoms with Gasteiger partial charge in [0.2, 0.25) is 0 Å². The van der Waals surface area contributed by atoms with Crippen molar-refractivity contribution in [2.24, 2.45) is 0 Å². The van der Waals surface area contributed by atoms with Crippen molar-refractivity contribution in [2.45, 2.75) is 26.4 Å². The van der Waals surface area contributed by atoms with Gasteiger partial charge in [0.1, 0.15) is 31.0 Å². The van der Waals surface area contributed by atoms with E-state index in [0.29, 0.717) is 25.2 Å². The first-order valence-electron chi connectivity index (χ1n) is 9.25. The Morgan fingerprint density at radius 2 is 1.85 bits per heavy atom. The summed E-state index contributed by atoms with van der Waals surface area (Å²) in [5, 5.41) is 11.0. The van der Waals surface area contributed by atoms with E-state index in [1.807, 2.05) is 31.2 Å². The number of benzene rings is 2. The molecular weight excluding hydrogens is 342 g/mol. The molecule has 0 bridgehead atoms. The van der Waals surface area contributed by atoms with Crippen molar-refractivity contribution in [3.05, 3.63) is 75.6 Å². The van der Waals surface area contributed by atoms with Crippen LogP contribution in [-0.4, -0.2) is 25.4 Å². The van der Waals surface area contributed by atoms with Gasteiger partial charge in [-0.3, -0.25) is 0 Å². The fourth-order valence-corrected chi connectivity index (χ4v) is 3.38. The van der Waals surface area contributed by atoms with Crippen LogP contribution in [0, 0.1) is 0 Å². The van der Waals surface area contributed by atoms with Gasteiger partial charge in [-0.15, -0.1) is 0 Å². The Morgan fingerprint density at radius 1 is 1.07 bits per heavy atom. The summed E-state index contributed by atoms with van der Waals surface area (Å²) >= 11 is 0. The number of nitrogens with one attached hydrogen (secondary N) is 1. The summed E-state index contributed by atoms with van der Waals surface area (Å²) in [4.78, 5) is 13.3. The normalized spacial score (nSPS) is 12.4. The number of methoxy groups -OCH3 is 1. The number of rotatable bonds is 8. The second-order valence-corrected chi connectivity index (χ2v) is 6.75. The number of phenolic OH excluding ortho intramolecular Hbond substituents is 1. The molecule has 0 saturated carbocycles. The van der Waals surface area contributed by atoms with Crippen molar-refractivity contribution in [3.63, 3.8) is 0 Å². The van der Waals surface area contributed by atoms with Crippen LogP contribution in [0.3, 0.4) is 0 Å². The SMILES string of the molecule is CCc1cc2c(C[NH+](CCOC)Cc3ccccc3)cc(=O)oc2cc1O. The largest absolute Gasteiger partial charge is 0.508 e. The summed E-state index contributed by atoms with van der Waals surface area (Å²) in [6, 6.07) is 15.3. The number of aryl methyl sites for hydroxylation is 1. The maximum atomic E-state index is 12.0. The number of quaternary nitrogens is 1. The third-order valence-electron chi connectivity index (χ3n) is 4.81. The van der Waals surface area contributed by atoms with E-state index in [4.69, 9.17) is 9.15 Å². The van der Waals surface area contributed by atoms with Crippen LogP contribution in [0.15, 0.2) is 57.7 Å². The molecule has 0 fully saturated rings. The van der Waals surface area contributed by atoms with Gasteiger partial charge in [-0.2, -0.15) is 0 Å². The number of fused-ring (bicyclic) bond motifs is 1. The molecule has 0 aliphatic carbocycles. The zero-order chi connectivity index (χ0) is 19.2. The predicted molar refractivity (Wildman–Crippen MR) is 105 cm³/mol. The van der Waals surface area contributed by atoms with Crippen molar-refractivity contribution < 1.29 is 19.2 Å². The number of phenols is 1. The summed E-state index contributed by atoms with van der Waals surface area (Å²) in [5.74, 6) is 0.165. The minimum absolute atomic E-state index is 0.165. The van der Waals surface area contributed by atoms with Gasteiger partial charge in [-0.25, -0.2) is 4.79 Å². The Morgan fingerprint density at radius 3 is 2.56 bits per heavy atom. The van der Waals surface area contributed by atoms with Gasteiger partial charge in [0.15, 0.2) is 0 Å². The highest BCUT2D eigenvalue weighted by Gasteiger charge is 2.16. The van der Waals surface area contributed by atoms with Gasteiger partial charge in [0.25, 0.3) is 0 Å². The van der Waals surface area contributed by atoms with Crippen LogP contribution in [0.5, 0.6) is 5.75 Å². The van der Waals surface area contributed by atoms with Gasteiger partial charge >= 0.3 is 5.63 Å². The highest BCUT2D eigenvalue weighted by atomic mass is 16.5. The zero-order valence-electron chi connectivity index (χ0n) is 15.8. The summed E-state index contributed by atoms with van der Waals surface area (Å²) in [7, 11) is 1.70. The molecule has 2 N–H and O–H groups in total. The first-order chi connectivity index (χ1) is 13.1. The number of hydrogen-bond acceptors (Lipinski definition) is 4. The van der Waals surface area contributed by atoms with E-state index >= 15 is 0 Å². The average molecular weight is 368 g/mol. The topological polar surface area (TPSA) is 64.1 Å². The maximum absolute atomic E-state index is 12.0. The van der Waals surface area contributed by atoms with Crippen LogP contribution in [0.1, 0.15) is 23.6 Å². The van der Waals surface area contributed by atoms with Crippen LogP contribution in [0.2, 0.25) is 0 Å². The summed E-state index contributed by atoms with van der Waals surface area (Å²) in [5.41, 5.74) is 3.05. The molecule has 142 valence electrons. The van der Waals surface area contributed by atoms with Crippen LogP contribution in [0.4, 0.5) is 0 Å². The highest BCUT2D eigenvalue weighted by Crippen LogP contribution is 2.26. The van der Waals surface area contributed by atoms with Crippen molar-refractivity contribution >= 4 is 11.0 Å². The van der Waals surface area contributed by atoms with Crippen LogP contribution >= 0.6 is 0 Å². The molecule has 0 spiro atoms. The molecule has 27 heavy (non-hydrogen) atoms. The number of hydrogen-bond donors (Lipinski definition) is 2. The zero-order valence-corrected chi connectivity index (χ0v) is 15.8. The Labute approximate surface area is 158 Å². The van der Waals surface area contributed by atoms with Gasteiger partial charge in [-0.1, -0.05) is 37.3 Å². The lowest BCUT2D eigenvalue weighted by molar-refractivity contribution is -0.927. The molecule has 0 aliphatic heterocycles. The van der Waals surface area contributed by atoms with E-state index in [-0.39, 0.29) is 5.75 Å². The molecule has 1 unspecified atom stereocenters. The second kappa shape index (κ2) is 8.84. The Hall–Kier alpha value is -2.63. The van der Waals surface area contributed by atoms with Gasteiger partial charge in [0.05, 0.1) is 6.61 Å². The minimum Gasteiger partial charge on any atom is -0.508 e. The third-order valence-corrected chi connectivity index (χ3v) is 4.81. The summed E-state index contributed by atoms with van der Waals surface area (Å²) in [6.45, 7) is 4.97. The molecule has 1 aromatic heterocycles. The van der Waals surface area contributed by atoms with Crippen LogP contribution < -0.4 is 10.5 Å². The Bertz CT molecular complexity index is 950. The number of ether oxygens (including phenoxy) is 1. The first-order valence-corrected chi connectivity index (χ1v) is 9.25. The number of aromatic hydroxyl groups is 1. The van der Waals surface area contributed by atoms with E-state index in [0.717, 1.165) is 29.6 Å². The lowest BCUT2D eigenvalue weighted by Crippen LogP contribution is -3.09. The lowest BCUT2D eigenvalue weighted by Gasteiger charge is -2.20. The molecule has 2 aromatic carbocycles. The van der Waals surface area contributed by atoms with Crippen molar-refractivity contribution in [3.8, 4) is 5.75 Å². The van der Waals surface area contributed by atoms with Crippen molar-refractivity contribution in [1.82, 2.24) is 0 Å². The monoisotopic (exact) mass is 368 g/mol. The van der Waals surface area contributed by atoms with Crippen LogP contribution in [0.25, 0.3) is 11.0 Å². The second-order valence-electron chi connectivity index (χ2n) is 6.75. The summed E-state index contributed by atoms with van der Waals surface area (Å²) in [6.07, 6.45) is 0.713. The standard InChI is InChI=1S/C22H25NO4/c1-3-17-11-19-18(12-22(25)27-21(19)13-20(17)24)15-23(9-10-26-2)14-16-7-5-4-6-8-16/h4-8,11-13,24H,3,9-10,14-15H2,1-2H3/p+1. The Kier molecular flexibility index (Phi) is 6.27. The molecule has 0 radical (unpaired) electrons. The fraction of sp³-hybridized carbons (Fsp3) is 0.318. The molecule has 0 aliphatic rings. The molecule has 0 amide bonds. The first kappa shape index (κ1) is 19.1. The molecular formula is C22H26NO4+. The smallest absolute Gasteiger partial charge is 0.336 e. The van der Waals surface area contributed by atoms with E-state index < -0.39 is 5.63 Å². The molecule has 1 atom stereocenters. The van der Waals surface area contributed by atoms with Crippen molar-refractivity contribution in [1.29, 1.82) is 0 Å². The van der Waals surface area contributed by atoms with Gasteiger partial charge < -0.3 is 19.2 Å². The summed E-state index contributed by atoms with van der Waals surface area (Å²) < 4.78 is 10.6. The van der Waals surface area contributed by atoms with E-state index in [1.165, 1.54) is 10.5 Å². The fourth-order valence-electron chi connectivity index (χ4n) is 3.38. The molecule has 5 heteroatoms. The Balaban J connectivity index is 1.96. The minimum atomic E-state index is -0.396. The van der Waals surface area contributed by atoms with E-state index in [2.05, 4.69) is 12.1 Å². The maximum Gasteiger partial charge on any atom is 0.336 e. The molecule has 0 saturated heterocycles. The molecule has 5 nitrogen and oxygen atoms in total. The highest BCUT2D eigenvalue weighted by molar-refractivity contribution is 5.82. The average Bonchev–Trinajstić information content (AvgIpc) is 2.66. The quantitative estimate of drug-likeness (QED) is 0.599. The van der Waals surface area contributed by atoms with Gasteiger partial charge in [0, 0.05) is 35.8 Å². The van der Waals surface area contributed by atoms with Crippen molar-refractivity contribution in [2.75, 3.05) is 20.3 Å². The molecule has 1 heterocycles. The lowest BCUT2D eigenvalue weighted by atomic mass is 10.0. The predicted octanol–water partition coefficient (Wildman–Crippen LogP) is 2.29. The molecule has 3 aromatic rings. The van der Waals surface area contributed by atoms with E-state index in [9.17, 15) is 9.90 Å². The van der Waals surface area contributed by atoms with E-state index in [1.54, 1.807) is 19.2 Å².